The molecule has 3 aromatic rings. The highest BCUT2D eigenvalue weighted by atomic mass is 35.5. The van der Waals surface area contributed by atoms with Crippen LogP contribution < -0.4 is 10.6 Å². The highest BCUT2D eigenvalue weighted by molar-refractivity contribution is 6.41. The van der Waals surface area contributed by atoms with E-state index in [0.717, 1.165) is 18.4 Å². The van der Waals surface area contributed by atoms with Crippen LogP contribution in [0, 0.1) is 5.92 Å². The second kappa shape index (κ2) is 13.3. The van der Waals surface area contributed by atoms with Crippen molar-refractivity contribution in [3.05, 3.63) is 105 Å². The maximum atomic E-state index is 14.0. The lowest BCUT2D eigenvalue weighted by atomic mass is 9.95. The number of urea groups is 1. The van der Waals surface area contributed by atoms with Gasteiger partial charge in [0.2, 0.25) is 5.66 Å². The van der Waals surface area contributed by atoms with E-state index < -0.39 is 23.6 Å². The van der Waals surface area contributed by atoms with Gasteiger partial charge < -0.3 is 20.3 Å². The summed E-state index contributed by atoms with van der Waals surface area (Å²) in [5.41, 5.74) is 0.246. The molecule has 1 aliphatic heterocycles. The Bertz CT molecular complexity index is 1570. The number of fused-ring (bicyclic) bond motifs is 1. The molecule has 4 amide bonds. The molecule has 1 aliphatic carbocycles. The fourth-order valence-electron chi connectivity index (χ4n) is 5.32. The largest absolute Gasteiger partial charge is 0.458 e. The molecule has 0 aromatic heterocycles. The number of ether oxygens (including phenoxy) is 1. The molecule has 1 atom stereocenters. The molecular formula is C33H34Cl2N4O5. The van der Waals surface area contributed by atoms with E-state index in [2.05, 4.69) is 10.6 Å². The molecule has 0 saturated heterocycles. The Morgan fingerprint density at radius 2 is 1.66 bits per heavy atom. The van der Waals surface area contributed by atoms with E-state index >= 15 is 0 Å². The minimum atomic E-state index is -2.00. The van der Waals surface area contributed by atoms with Crippen molar-refractivity contribution >= 4 is 47.0 Å². The lowest BCUT2D eigenvalue weighted by molar-refractivity contribution is -0.159. The smallest absolute Gasteiger partial charge is 0.353 e. The van der Waals surface area contributed by atoms with Crippen LogP contribution in [0.4, 0.5) is 4.79 Å². The van der Waals surface area contributed by atoms with Gasteiger partial charge in [-0.05, 0) is 54.9 Å². The average Bonchev–Trinajstić information content (AvgIpc) is 3.85. The second-order valence-electron chi connectivity index (χ2n) is 11.2. The molecule has 1 fully saturated rings. The number of hydrogen-bond acceptors (Lipinski definition) is 5. The minimum Gasteiger partial charge on any atom is -0.458 e. The number of nitrogens with one attached hydrogen (secondary N) is 2. The molecule has 0 bridgehead atoms. The minimum absolute atomic E-state index is 0.0330. The predicted molar refractivity (Wildman–Crippen MR) is 167 cm³/mol. The van der Waals surface area contributed by atoms with Gasteiger partial charge in [0, 0.05) is 25.7 Å². The van der Waals surface area contributed by atoms with Gasteiger partial charge in [-0.3, -0.25) is 14.5 Å². The molecule has 11 heteroatoms. The Kier molecular flexibility index (Phi) is 9.46. The third-order valence-corrected chi connectivity index (χ3v) is 8.74. The SMILES string of the molecule is CNC(=O)N(Cc1ccccc1)C(C)(NC(=O)c1c(Cl)cc2c(c1Cl)CCN(CC1CC1)C2=O)C(=O)OCc1ccccc1. The standard InChI is InChI=1S/C33H34Cl2N4O5/c1-33(31(42)44-20-23-11-7-4-8-12-23,39(32(43)36-2)19-21-9-5-3-6-10-21)37-29(40)27-26(34)17-25-24(28(27)35)15-16-38(30(25)41)18-22-13-14-22/h3-12,17,22H,13-16,18-20H2,1-2H3,(H,36,43)(H,37,40). The summed E-state index contributed by atoms with van der Waals surface area (Å²) in [6, 6.07) is 18.9. The molecule has 2 N–H and O–H groups in total. The topological polar surface area (TPSA) is 108 Å². The summed E-state index contributed by atoms with van der Waals surface area (Å²) >= 11 is 13.4. The summed E-state index contributed by atoms with van der Waals surface area (Å²) in [6.07, 6.45) is 2.68. The van der Waals surface area contributed by atoms with Crippen LogP contribution >= 0.6 is 23.2 Å². The van der Waals surface area contributed by atoms with Gasteiger partial charge in [-0.2, -0.15) is 0 Å². The quantitative estimate of drug-likeness (QED) is 0.228. The molecule has 3 aromatic carbocycles. The molecule has 1 unspecified atom stereocenters. The van der Waals surface area contributed by atoms with Gasteiger partial charge in [0.15, 0.2) is 0 Å². The van der Waals surface area contributed by atoms with Crippen LogP contribution in [0.3, 0.4) is 0 Å². The first-order chi connectivity index (χ1) is 21.1. The van der Waals surface area contributed by atoms with Gasteiger partial charge in [0.05, 0.1) is 22.2 Å². The van der Waals surface area contributed by atoms with Crippen LogP contribution in [-0.4, -0.2) is 59.4 Å². The van der Waals surface area contributed by atoms with E-state index in [9.17, 15) is 19.2 Å². The second-order valence-corrected chi connectivity index (χ2v) is 12.0. The van der Waals surface area contributed by atoms with Crippen molar-refractivity contribution in [2.45, 2.75) is 45.0 Å². The number of halogens is 2. The number of amides is 4. The van der Waals surface area contributed by atoms with Crippen molar-refractivity contribution in [1.29, 1.82) is 0 Å². The normalized spacial score (nSPS) is 15.5. The van der Waals surface area contributed by atoms with Gasteiger partial charge in [-0.25, -0.2) is 9.59 Å². The maximum absolute atomic E-state index is 14.0. The summed E-state index contributed by atoms with van der Waals surface area (Å²) in [6.45, 7) is 2.45. The zero-order valence-electron chi connectivity index (χ0n) is 24.6. The molecule has 0 radical (unpaired) electrons. The number of benzene rings is 3. The fourth-order valence-corrected chi connectivity index (χ4v) is 6.04. The predicted octanol–water partition coefficient (Wildman–Crippen LogP) is 5.43. The number of esters is 1. The zero-order valence-corrected chi connectivity index (χ0v) is 26.1. The van der Waals surface area contributed by atoms with Crippen LogP contribution in [0.5, 0.6) is 0 Å². The Labute approximate surface area is 266 Å². The Hall–Kier alpha value is -4.08. The van der Waals surface area contributed by atoms with Crippen molar-refractivity contribution in [2.24, 2.45) is 5.92 Å². The van der Waals surface area contributed by atoms with Gasteiger partial charge in [0.25, 0.3) is 11.8 Å². The Morgan fingerprint density at radius 3 is 2.27 bits per heavy atom. The summed E-state index contributed by atoms with van der Waals surface area (Å²) in [5, 5.41) is 5.27. The fraction of sp³-hybridized carbons (Fsp3) is 0.333. The first kappa shape index (κ1) is 31.3. The molecule has 2 aliphatic rings. The van der Waals surface area contributed by atoms with E-state index in [0.29, 0.717) is 42.1 Å². The van der Waals surface area contributed by atoms with Crippen molar-refractivity contribution in [1.82, 2.24) is 20.4 Å². The summed E-state index contributed by atoms with van der Waals surface area (Å²) in [7, 11) is 1.43. The van der Waals surface area contributed by atoms with Crippen LogP contribution in [0.2, 0.25) is 10.0 Å². The van der Waals surface area contributed by atoms with E-state index in [1.54, 1.807) is 41.3 Å². The average molecular weight is 638 g/mol. The highest BCUT2D eigenvalue weighted by Gasteiger charge is 2.46. The van der Waals surface area contributed by atoms with Crippen LogP contribution in [0.15, 0.2) is 66.7 Å². The number of carbonyl (C=O) groups excluding carboxylic acids is 4. The van der Waals surface area contributed by atoms with Crippen molar-refractivity contribution < 1.29 is 23.9 Å². The maximum Gasteiger partial charge on any atom is 0.353 e. The highest BCUT2D eigenvalue weighted by Crippen LogP contribution is 2.37. The van der Waals surface area contributed by atoms with Crippen LogP contribution in [0.25, 0.3) is 0 Å². The first-order valence-electron chi connectivity index (χ1n) is 14.5. The van der Waals surface area contributed by atoms with E-state index in [1.807, 2.05) is 24.3 Å². The summed E-state index contributed by atoms with van der Waals surface area (Å²) < 4.78 is 5.67. The third-order valence-electron chi connectivity index (χ3n) is 8.02. The van der Waals surface area contributed by atoms with Crippen molar-refractivity contribution in [3.8, 4) is 0 Å². The van der Waals surface area contributed by atoms with E-state index in [1.165, 1.54) is 24.9 Å². The molecule has 5 rings (SSSR count). The van der Waals surface area contributed by atoms with Crippen LogP contribution in [-0.2, 0) is 29.1 Å². The number of carbonyl (C=O) groups is 4. The van der Waals surface area contributed by atoms with E-state index in [-0.39, 0.29) is 34.7 Å². The zero-order chi connectivity index (χ0) is 31.4. The number of rotatable bonds is 10. The molecule has 0 spiro atoms. The van der Waals surface area contributed by atoms with Crippen LogP contribution in [0.1, 0.15) is 57.2 Å². The Balaban J connectivity index is 1.48. The van der Waals surface area contributed by atoms with E-state index in [4.69, 9.17) is 27.9 Å². The lowest BCUT2D eigenvalue weighted by Gasteiger charge is -2.39. The summed E-state index contributed by atoms with van der Waals surface area (Å²) in [5.74, 6) is -1.31. The van der Waals surface area contributed by atoms with Gasteiger partial charge in [-0.15, -0.1) is 0 Å². The van der Waals surface area contributed by atoms with Crippen molar-refractivity contribution in [2.75, 3.05) is 20.1 Å². The first-order valence-corrected chi connectivity index (χ1v) is 15.2. The summed E-state index contributed by atoms with van der Waals surface area (Å²) in [4.78, 5) is 57.4. The monoisotopic (exact) mass is 636 g/mol. The molecule has 9 nitrogen and oxygen atoms in total. The molecular weight excluding hydrogens is 603 g/mol. The van der Waals surface area contributed by atoms with Gasteiger partial charge in [-0.1, -0.05) is 83.9 Å². The molecule has 44 heavy (non-hydrogen) atoms. The number of hydrogen-bond donors (Lipinski definition) is 2. The molecule has 1 heterocycles. The van der Waals surface area contributed by atoms with Crippen molar-refractivity contribution in [3.63, 3.8) is 0 Å². The Morgan fingerprint density at radius 1 is 1.02 bits per heavy atom. The van der Waals surface area contributed by atoms with Gasteiger partial charge in [0.1, 0.15) is 6.61 Å². The lowest BCUT2D eigenvalue weighted by Crippen LogP contribution is -2.66. The van der Waals surface area contributed by atoms with Gasteiger partial charge >= 0.3 is 12.0 Å². The number of nitrogens with zero attached hydrogens (tertiary/aromatic N) is 2. The molecule has 230 valence electrons. The third kappa shape index (κ3) is 6.69. The molecule has 1 saturated carbocycles.